The van der Waals surface area contributed by atoms with Crippen LogP contribution in [-0.2, 0) is 4.79 Å². The third-order valence-corrected chi connectivity index (χ3v) is 3.92. The van der Waals surface area contributed by atoms with Crippen LogP contribution in [0.3, 0.4) is 0 Å². The lowest BCUT2D eigenvalue weighted by Crippen LogP contribution is -2.49. The van der Waals surface area contributed by atoms with Crippen molar-refractivity contribution in [1.82, 2.24) is 5.32 Å². The topological polar surface area (TPSA) is 55.1 Å². The number of carbonyl (C=O) groups is 1. The Morgan fingerprint density at radius 1 is 1.30 bits per heavy atom. The van der Waals surface area contributed by atoms with E-state index in [1.807, 2.05) is 20.8 Å². The number of thioether (sulfide) groups is 1. The molecule has 1 atom stereocenters. The van der Waals surface area contributed by atoms with E-state index in [1.54, 1.807) is 11.8 Å². The first-order chi connectivity index (χ1) is 8.80. The summed E-state index contributed by atoms with van der Waals surface area (Å²) in [4.78, 5) is 13.0. The van der Waals surface area contributed by atoms with E-state index in [-0.39, 0.29) is 23.7 Å². The second-order valence-corrected chi connectivity index (χ2v) is 6.96. The van der Waals surface area contributed by atoms with Gasteiger partial charge in [-0.2, -0.15) is 0 Å². The number of halogens is 1. The molecule has 3 nitrogen and oxygen atoms in total. The number of rotatable bonds is 5. The molecule has 0 aromatic heterocycles. The zero-order valence-electron chi connectivity index (χ0n) is 12.6. The highest BCUT2D eigenvalue weighted by atomic mass is 35.5. The van der Waals surface area contributed by atoms with Crippen LogP contribution in [0.5, 0.6) is 0 Å². The van der Waals surface area contributed by atoms with Gasteiger partial charge in [-0.25, -0.2) is 0 Å². The Hall–Kier alpha value is -0.710. The summed E-state index contributed by atoms with van der Waals surface area (Å²) < 4.78 is 0. The van der Waals surface area contributed by atoms with Crippen molar-refractivity contribution in [2.75, 3.05) is 12.3 Å². The third kappa shape index (κ3) is 6.64. The Balaban J connectivity index is 0.00000361. The molecule has 1 rings (SSSR count). The van der Waals surface area contributed by atoms with Gasteiger partial charge in [-0.15, -0.1) is 24.2 Å². The van der Waals surface area contributed by atoms with Crippen molar-refractivity contribution in [3.05, 3.63) is 29.8 Å². The van der Waals surface area contributed by atoms with Crippen molar-refractivity contribution in [2.24, 2.45) is 11.1 Å². The summed E-state index contributed by atoms with van der Waals surface area (Å²) in [7, 11) is 0. The number of amides is 1. The average molecular weight is 317 g/mol. The Labute approximate surface area is 132 Å². The fourth-order valence-corrected chi connectivity index (χ4v) is 2.25. The molecule has 1 amide bonds. The maximum absolute atomic E-state index is 11.8. The highest BCUT2D eigenvalue weighted by Gasteiger charge is 2.26. The van der Waals surface area contributed by atoms with Gasteiger partial charge in [-0.05, 0) is 24.5 Å². The molecule has 0 aliphatic rings. The van der Waals surface area contributed by atoms with Gasteiger partial charge >= 0.3 is 0 Å². The van der Waals surface area contributed by atoms with Crippen LogP contribution < -0.4 is 11.1 Å². The number of nitrogens with two attached hydrogens (primary N) is 1. The van der Waals surface area contributed by atoms with Crippen LogP contribution in [0.4, 0.5) is 0 Å². The number of nitrogens with one attached hydrogen (secondary N) is 1. The van der Waals surface area contributed by atoms with Gasteiger partial charge in [-0.1, -0.05) is 38.5 Å². The largest absolute Gasteiger partial charge is 0.354 e. The van der Waals surface area contributed by atoms with Gasteiger partial charge in [0.05, 0.1) is 6.04 Å². The molecule has 0 fully saturated rings. The number of hydrogen-bond acceptors (Lipinski definition) is 3. The van der Waals surface area contributed by atoms with E-state index in [0.717, 1.165) is 5.75 Å². The average Bonchev–Trinajstić information content (AvgIpc) is 2.34. The quantitative estimate of drug-likeness (QED) is 0.648. The SMILES string of the molecule is Cc1ccc(SCCNC(=O)[C@@H](N)C(C)(C)C)cc1.Cl. The molecule has 20 heavy (non-hydrogen) atoms. The zero-order chi connectivity index (χ0) is 14.5. The van der Waals surface area contributed by atoms with Gasteiger partial charge in [0.25, 0.3) is 0 Å². The monoisotopic (exact) mass is 316 g/mol. The summed E-state index contributed by atoms with van der Waals surface area (Å²) in [6, 6.07) is 7.93. The van der Waals surface area contributed by atoms with E-state index in [2.05, 4.69) is 36.5 Å². The van der Waals surface area contributed by atoms with Crippen LogP contribution >= 0.6 is 24.2 Å². The molecule has 0 aliphatic heterocycles. The highest BCUT2D eigenvalue weighted by molar-refractivity contribution is 7.99. The second-order valence-electron chi connectivity index (χ2n) is 5.80. The molecule has 0 aliphatic carbocycles. The van der Waals surface area contributed by atoms with E-state index in [1.165, 1.54) is 10.5 Å². The molecule has 0 saturated carbocycles. The predicted octanol–water partition coefficient (Wildman–Crippen LogP) is 3.00. The lowest BCUT2D eigenvalue weighted by Gasteiger charge is -2.25. The second kappa shape index (κ2) is 8.55. The molecule has 5 heteroatoms. The normalized spacial score (nSPS) is 12.4. The summed E-state index contributed by atoms with van der Waals surface area (Å²) >= 11 is 1.73. The summed E-state index contributed by atoms with van der Waals surface area (Å²) in [5, 5.41) is 2.89. The van der Waals surface area contributed by atoms with Gasteiger partial charge in [0.2, 0.25) is 5.91 Å². The fourth-order valence-electron chi connectivity index (χ4n) is 1.48. The first kappa shape index (κ1) is 19.3. The summed E-state index contributed by atoms with van der Waals surface area (Å²) in [5.41, 5.74) is 6.94. The van der Waals surface area contributed by atoms with Crippen LogP contribution in [0, 0.1) is 12.3 Å². The molecule has 1 aromatic carbocycles. The van der Waals surface area contributed by atoms with Crippen molar-refractivity contribution < 1.29 is 4.79 Å². The minimum Gasteiger partial charge on any atom is -0.354 e. The molecule has 0 heterocycles. The van der Waals surface area contributed by atoms with Crippen LogP contribution in [0.1, 0.15) is 26.3 Å². The smallest absolute Gasteiger partial charge is 0.237 e. The van der Waals surface area contributed by atoms with E-state index in [0.29, 0.717) is 6.54 Å². The minimum atomic E-state index is -0.461. The Morgan fingerprint density at radius 2 is 1.85 bits per heavy atom. The fraction of sp³-hybridized carbons (Fsp3) is 0.533. The van der Waals surface area contributed by atoms with Gasteiger partial charge < -0.3 is 11.1 Å². The van der Waals surface area contributed by atoms with Crippen LogP contribution in [-0.4, -0.2) is 24.2 Å². The van der Waals surface area contributed by atoms with Gasteiger partial charge in [0.1, 0.15) is 0 Å². The lowest BCUT2D eigenvalue weighted by atomic mass is 9.87. The number of aryl methyl sites for hydroxylation is 1. The van der Waals surface area contributed by atoms with Crippen molar-refractivity contribution >= 4 is 30.1 Å². The standard InChI is InChI=1S/C15H24N2OS.ClH/c1-11-5-7-12(8-6-11)19-10-9-17-14(18)13(16)15(2,3)4;/h5-8,13H,9-10,16H2,1-4H3,(H,17,18);1H/t13-;/m1./s1. The molecule has 0 unspecified atom stereocenters. The maximum atomic E-state index is 11.8. The molecule has 0 radical (unpaired) electrons. The molecule has 0 saturated heterocycles. The lowest BCUT2D eigenvalue weighted by molar-refractivity contribution is -0.124. The summed E-state index contributed by atoms with van der Waals surface area (Å²) in [6.07, 6.45) is 0. The Morgan fingerprint density at radius 3 is 2.35 bits per heavy atom. The minimum absolute atomic E-state index is 0. The number of hydrogen-bond donors (Lipinski definition) is 2. The molecule has 0 bridgehead atoms. The van der Waals surface area contributed by atoms with Crippen molar-refractivity contribution in [2.45, 2.75) is 38.6 Å². The first-order valence-corrected chi connectivity index (χ1v) is 7.52. The van der Waals surface area contributed by atoms with Crippen molar-refractivity contribution in [3.8, 4) is 0 Å². The van der Waals surface area contributed by atoms with Crippen molar-refractivity contribution in [1.29, 1.82) is 0 Å². The summed E-state index contributed by atoms with van der Waals surface area (Å²) in [5.74, 6) is 0.781. The number of carbonyl (C=O) groups excluding carboxylic acids is 1. The third-order valence-electron chi connectivity index (χ3n) is 2.91. The zero-order valence-corrected chi connectivity index (χ0v) is 14.2. The predicted molar refractivity (Wildman–Crippen MR) is 89.6 cm³/mol. The molecule has 0 spiro atoms. The highest BCUT2D eigenvalue weighted by Crippen LogP contribution is 2.18. The Bertz CT molecular complexity index is 415. The van der Waals surface area contributed by atoms with Gasteiger partial charge in [0.15, 0.2) is 0 Å². The molecule has 1 aromatic rings. The molecule has 114 valence electrons. The molecular weight excluding hydrogens is 292 g/mol. The van der Waals surface area contributed by atoms with E-state index in [9.17, 15) is 4.79 Å². The maximum Gasteiger partial charge on any atom is 0.237 e. The first-order valence-electron chi connectivity index (χ1n) is 6.53. The Kier molecular flexibility index (Phi) is 8.25. The van der Waals surface area contributed by atoms with Gasteiger partial charge in [0, 0.05) is 17.2 Å². The van der Waals surface area contributed by atoms with E-state index < -0.39 is 6.04 Å². The summed E-state index contributed by atoms with van der Waals surface area (Å²) in [6.45, 7) is 8.62. The van der Waals surface area contributed by atoms with E-state index >= 15 is 0 Å². The van der Waals surface area contributed by atoms with Crippen LogP contribution in [0.2, 0.25) is 0 Å². The molecule has 3 N–H and O–H groups in total. The van der Waals surface area contributed by atoms with Crippen molar-refractivity contribution in [3.63, 3.8) is 0 Å². The number of benzene rings is 1. The van der Waals surface area contributed by atoms with Gasteiger partial charge in [-0.3, -0.25) is 4.79 Å². The van der Waals surface area contributed by atoms with Crippen LogP contribution in [0.15, 0.2) is 29.2 Å². The van der Waals surface area contributed by atoms with E-state index in [4.69, 9.17) is 5.73 Å². The molecular formula is C15H25ClN2OS. The van der Waals surface area contributed by atoms with Crippen LogP contribution in [0.25, 0.3) is 0 Å².